The van der Waals surface area contributed by atoms with Crippen molar-refractivity contribution in [3.8, 4) is 0 Å². The Morgan fingerprint density at radius 1 is 0.966 bits per heavy atom. The number of amides is 1. The number of aryl methyl sites for hydroxylation is 2. The van der Waals surface area contributed by atoms with Crippen molar-refractivity contribution in [3.05, 3.63) is 98.5 Å². The maximum Gasteiger partial charge on any atom is 0.261 e. The number of carbonyl (C=O) groups is 2. The van der Waals surface area contributed by atoms with Gasteiger partial charge in [0.05, 0.1) is 0 Å². The van der Waals surface area contributed by atoms with Gasteiger partial charge in [0.1, 0.15) is 5.56 Å². The van der Waals surface area contributed by atoms with Gasteiger partial charge >= 0.3 is 0 Å². The van der Waals surface area contributed by atoms with Crippen LogP contribution in [0.25, 0.3) is 0 Å². The van der Waals surface area contributed by atoms with E-state index in [2.05, 4.69) is 10.3 Å². The third-order valence-electron chi connectivity index (χ3n) is 5.30. The topological polar surface area (TPSA) is 79.0 Å². The molecule has 1 aromatic heterocycles. The minimum absolute atomic E-state index is 0.0294. The Hall–Kier alpha value is -3.47. The molecule has 0 saturated heterocycles. The van der Waals surface area contributed by atoms with Crippen LogP contribution in [-0.4, -0.2) is 16.7 Å². The van der Waals surface area contributed by atoms with Gasteiger partial charge < -0.3 is 10.3 Å². The van der Waals surface area contributed by atoms with E-state index >= 15 is 0 Å². The summed E-state index contributed by atoms with van der Waals surface area (Å²) in [5.74, 6) is -0.546. The van der Waals surface area contributed by atoms with Crippen molar-refractivity contribution in [1.82, 2.24) is 4.98 Å². The van der Waals surface area contributed by atoms with E-state index in [1.165, 1.54) is 6.07 Å². The molecule has 0 fully saturated rings. The smallest absolute Gasteiger partial charge is 0.261 e. The lowest BCUT2D eigenvalue weighted by Gasteiger charge is -2.24. The maximum atomic E-state index is 12.7. The van der Waals surface area contributed by atoms with Crippen LogP contribution in [0, 0.1) is 13.8 Å². The third kappa shape index (κ3) is 3.90. The second kappa shape index (κ2) is 7.51. The monoisotopic (exact) mass is 386 g/mol. The van der Waals surface area contributed by atoms with E-state index < -0.39 is 11.5 Å². The number of hydrogen-bond acceptors (Lipinski definition) is 3. The number of aromatic nitrogens is 1. The number of carbonyl (C=O) groups excluding carboxylic acids is 2. The number of hydrogen-bond donors (Lipinski definition) is 2. The average Bonchev–Trinajstić information content (AvgIpc) is 2.67. The predicted octanol–water partition coefficient (Wildman–Crippen LogP) is 4.16. The van der Waals surface area contributed by atoms with Gasteiger partial charge in [-0.25, -0.2) is 0 Å². The van der Waals surface area contributed by atoms with E-state index in [1.807, 2.05) is 62.4 Å². The Balaban J connectivity index is 1.63. The van der Waals surface area contributed by atoms with Crippen molar-refractivity contribution in [2.75, 3.05) is 5.32 Å². The number of benzene rings is 2. The molecular weight excluding hydrogens is 364 g/mol. The summed E-state index contributed by atoms with van der Waals surface area (Å²) in [7, 11) is 0. The zero-order valence-electron chi connectivity index (χ0n) is 16.4. The first-order valence-electron chi connectivity index (χ1n) is 9.64. The van der Waals surface area contributed by atoms with Gasteiger partial charge in [0.15, 0.2) is 5.78 Å². The minimum atomic E-state index is -0.517. The first kappa shape index (κ1) is 18.9. The summed E-state index contributed by atoms with van der Waals surface area (Å²) in [6, 6.07) is 16.9. The molecule has 2 aromatic carbocycles. The first-order chi connectivity index (χ1) is 13.9. The van der Waals surface area contributed by atoms with E-state index in [9.17, 15) is 14.4 Å². The zero-order chi connectivity index (χ0) is 20.5. The Morgan fingerprint density at radius 3 is 2.34 bits per heavy atom. The lowest BCUT2D eigenvalue weighted by molar-refractivity contribution is 0.0963. The second-order valence-corrected chi connectivity index (χ2v) is 7.67. The van der Waals surface area contributed by atoms with Crippen LogP contribution in [-0.2, 0) is 6.42 Å². The molecule has 1 aliphatic rings. The van der Waals surface area contributed by atoms with Gasteiger partial charge in [-0.2, -0.15) is 0 Å². The quantitative estimate of drug-likeness (QED) is 0.709. The van der Waals surface area contributed by atoms with Gasteiger partial charge in [0.25, 0.3) is 11.5 Å². The molecule has 1 amide bonds. The number of pyridine rings is 1. The summed E-state index contributed by atoms with van der Waals surface area (Å²) in [6.45, 7) is 3.88. The van der Waals surface area contributed by atoms with Crippen LogP contribution in [0.5, 0.6) is 0 Å². The fourth-order valence-corrected chi connectivity index (χ4v) is 4.01. The van der Waals surface area contributed by atoms with Crippen LogP contribution in [0.2, 0.25) is 0 Å². The number of H-pyrrole nitrogens is 1. The largest absolute Gasteiger partial charge is 0.325 e. The van der Waals surface area contributed by atoms with E-state index in [0.717, 1.165) is 16.7 Å². The summed E-state index contributed by atoms with van der Waals surface area (Å²) in [4.78, 5) is 40.8. The molecule has 0 saturated carbocycles. The number of fused-ring (bicyclic) bond motifs is 1. The third-order valence-corrected chi connectivity index (χ3v) is 5.30. The Bertz CT molecular complexity index is 1140. The van der Waals surface area contributed by atoms with Gasteiger partial charge in [-0.1, -0.05) is 36.4 Å². The summed E-state index contributed by atoms with van der Waals surface area (Å²) < 4.78 is 0. The number of Topliss-reactive ketones (excluding diaryl/α,β-unsaturated/α-hetero) is 1. The number of ketones is 1. The summed E-state index contributed by atoms with van der Waals surface area (Å²) in [6.07, 6.45) is 0.931. The SMILES string of the molecule is Cc1cc(C)cc(NC(=O)c2cc3c([nH]c2=O)C[C@H](c2ccccc2)CC3=O)c1. The molecule has 0 aliphatic heterocycles. The van der Waals surface area contributed by atoms with Crippen LogP contribution in [0.15, 0.2) is 59.4 Å². The van der Waals surface area contributed by atoms with Crippen LogP contribution < -0.4 is 10.9 Å². The highest BCUT2D eigenvalue weighted by Gasteiger charge is 2.28. The van der Waals surface area contributed by atoms with Gasteiger partial charge in [-0.15, -0.1) is 0 Å². The Kier molecular flexibility index (Phi) is 4.89. The zero-order valence-corrected chi connectivity index (χ0v) is 16.4. The molecule has 146 valence electrons. The molecule has 1 atom stereocenters. The highest BCUT2D eigenvalue weighted by atomic mass is 16.2. The van der Waals surface area contributed by atoms with Crippen LogP contribution in [0.4, 0.5) is 5.69 Å². The molecule has 2 N–H and O–H groups in total. The predicted molar refractivity (Wildman–Crippen MR) is 113 cm³/mol. The van der Waals surface area contributed by atoms with E-state index in [-0.39, 0.29) is 17.3 Å². The number of rotatable bonds is 3. The average molecular weight is 386 g/mol. The maximum absolute atomic E-state index is 12.7. The molecule has 1 heterocycles. The lowest BCUT2D eigenvalue weighted by Crippen LogP contribution is -2.29. The van der Waals surface area contributed by atoms with Crippen molar-refractivity contribution in [2.45, 2.75) is 32.6 Å². The lowest BCUT2D eigenvalue weighted by atomic mass is 9.81. The summed E-state index contributed by atoms with van der Waals surface area (Å²) >= 11 is 0. The Labute approximate surface area is 168 Å². The molecule has 5 nitrogen and oxygen atoms in total. The number of aromatic amines is 1. The van der Waals surface area contributed by atoms with Crippen molar-refractivity contribution in [3.63, 3.8) is 0 Å². The summed E-state index contributed by atoms with van der Waals surface area (Å²) in [5, 5.41) is 2.77. The van der Waals surface area contributed by atoms with Crippen LogP contribution >= 0.6 is 0 Å². The van der Waals surface area contributed by atoms with E-state index in [0.29, 0.717) is 29.8 Å². The van der Waals surface area contributed by atoms with Crippen molar-refractivity contribution >= 4 is 17.4 Å². The molecule has 0 spiro atoms. The highest BCUT2D eigenvalue weighted by molar-refractivity contribution is 6.06. The fourth-order valence-electron chi connectivity index (χ4n) is 4.01. The molecule has 29 heavy (non-hydrogen) atoms. The molecule has 0 radical (unpaired) electrons. The molecular formula is C24H22N2O3. The van der Waals surface area contributed by atoms with Crippen LogP contribution in [0.1, 0.15) is 55.4 Å². The number of anilines is 1. The molecule has 0 unspecified atom stereocenters. The van der Waals surface area contributed by atoms with Gasteiger partial charge in [0, 0.05) is 23.4 Å². The molecule has 1 aliphatic carbocycles. The minimum Gasteiger partial charge on any atom is -0.325 e. The van der Waals surface area contributed by atoms with E-state index in [1.54, 1.807) is 0 Å². The molecule has 5 heteroatoms. The standard InChI is InChI=1S/C24H22N2O3/c1-14-8-15(2)10-18(9-14)25-23(28)20-13-19-21(26-24(20)29)11-17(12-22(19)27)16-6-4-3-5-7-16/h3-10,13,17H,11-12H2,1-2H3,(H,25,28)(H,26,29)/t17-/m0/s1. The fraction of sp³-hybridized carbons (Fsp3) is 0.208. The molecule has 3 aromatic rings. The molecule has 0 bridgehead atoms. The highest BCUT2D eigenvalue weighted by Crippen LogP contribution is 2.31. The van der Waals surface area contributed by atoms with Crippen molar-refractivity contribution in [2.24, 2.45) is 0 Å². The second-order valence-electron chi connectivity index (χ2n) is 7.67. The van der Waals surface area contributed by atoms with Crippen molar-refractivity contribution < 1.29 is 9.59 Å². The molecule has 4 rings (SSSR count). The van der Waals surface area contributed by atoms with E-state index in [4.69, 9.17) is 0 Å². The van der Waals surface area contributed by atoms with Crippen LogP contribution in [0.3, 0.4) is 0 Å². The summed E-state index contributed by atoms with van der Waals surface area (Å²) in [5.41, 5.74) is 4.24. The Morgan fingerprint density at radius 2 is 1.66 bits per heavy atom. The van der Waals surface area contributed by atoms with Gasteiger partial charge in [-0.05, 0) is 61.1 Å². The normalized spacial score (nSPS) is 15.7. The first-order valence-corrected chi connectivity index (χ1v) is 9.64. The van der Waals surface area contributed by atoms with Crippen molar-refractivity contribution in [1.29, 1.82) is 0 Å². The number of nitrogens with one attached hydrogen (secondary N) is 2. The van der Waals surface area contributed by atoms with Gasteiger partial charge in [-0.3, -0.25) is 14.4 Å². The van der Waals surface area contributed by atoms with Gasteiger partial charge in [0.2, 0.25) is 0 Å².